The number of ether oxygens (including phenoxy) is 1. The fourth-order valence-electron chi connectivity index (χ4n) is 4.13. The summed E-state index contributed by atoms with van der Waals surface area (Å²) in [6.45, 7) is 8.92. The van der Waals surface area contributed by atoms with Crippen molar-refractivity contribution in [3.05, 3.63) is 36.4 Å². The first-order valence-electron chi connectivity index (χ1n) is 7.87. The maximum absolute atomic E-state index is 6.48. The molecule has 4 rings (SSSR count). The summed E-state index contributed by atoms with van der Waals surface area (Å²) in [5, 5.41) is 5.98. The number of nitrogens with zero attached hydrogens (tertiary/aromatic N) is 1. The first kappa shape index (κ1) is 13.8. The predicted octanol–water partition coefficient (Wildman–Crippen LogP) is 4.43. The molecule has 0 unspecified atom stereocenters. The first-order valence-corrected chi connectivity index (χ1v) is 7.87. The van der Waals surface area contributed by atoms with Crippen LogP contribution in [0.1, 0.15) is 34.1 Å². The topological polar surface area (TPSA) is 33.6 Å². The minimum absolute atomic E-state index is 0.0245. The summed E-state index contributed by atoms with van der Waals surface area (Å²) in [7, 11) is 0. The molecule has 2 aromatic rings. The zero-order valence-corrected chi connectivity index (χ0v) is 13.6. The van der Waals surface area contributed by atoms with Crippen LogP contribution in [0, 0.1) is 5.41 Å². The number of fused-ring (bicyclic) bond motifs is 3. The van der Waals surface area contributed by atoms with E-state index >= 15 is 0 Å². The number of aliphatic imine (C=N–C) groups is 1. The predicted molar refractivity (Wildman–Crippen MR) is 91.1 cm³/mol. The summed E-state index contributed by atoms with van der Waals surface area (Å²) >= 11 is 0. The number of hydrogen-bond acceptors (Lipinski definition) is 3. The molecule has 1 fully saturated rings. The molecule has 0 radical (unpaired) electrons. The van der Waals surface area contributed by atoms with Crippen LogP contribution in [0.15, 0.2) is 41.4 Å². The smallest absolute Gasteiger partial charge is 0.202 e. The van der Waals surface area contributed by atoms with Crippen LogP contribution in [-0.2, 0) is 0 Å². The Morgan fingerprint density at radius 2 is 1.82 bits per heavy atom. The molecular weight excluding hydrogens is 272 g/mol. The minimum atomic E-state index is -0.536. The van der Waals surface area contributed by atoms with Gasteiger partial charge in [0.15, 0.2) is 0 Å². The quantitative estimate of drug-likeness (QED) is 0.780. The van der Waals surface area contributed by atoms with Crippen LogP contribution in [0.3, 0.4) is 0 Å². The Bertz CT molecular complexity index is 791. The molecule has 3 heteroatoms. The Balaban J connectivity index is 1.86. The van der Waals surface area contributed by atoms with Crippen molar-refractivity contribution in [3.8, 4) is 5.75 Å². The molecule has 114 valence electrons. The summed E-state index contributed by atoms with van der Waals surface area (Å²) in [5.41, 5.74) is 0.408. The molecule has 1 N–H and O–H groups in total. The summed E-state index contributed by atoms with van der Waals surface area (Å²) in [6, 6.07) is 12.5. The second-order valence-electron chi connectivity index (χ2n) is 7.80. The van der Waals surface area contributed by atoms with Gasteiger partial charge in [-0.3, -0.25) is 10.3 Å². The second kappa shape index (κ2) is 4.11. The Morgan fingerprint density at radius 1 is 1.05 bits per heavy atom. The van der Waals surface area contributed by atoms with E-state index in [9.17, 15) is 0 Å². The van der Waals surface area contributed by atoms with Gasteiger partial charge in [-0.2, -0.15) is 0 Å². The Morgan fingerprint density at radius 3 is 2.55 bits per heavy atom. The van der Waals surface area contributed by atoms with Crippen molar-refractivity contribution in [1.82, 2.24) is 5.32 Å². The lowest BCUT2D eigenvalue weighted by molar-refractivity contribution is 0.0287. The van der Waals surface area contributed by atoms with Crippen molar-refractivity contribution in [2.45, 2.75) is 45.4 Å². The highest BCUT2D eigenvalue weighted by Crippen LogP contribution is 2.50. The van der Waals surface area contributed by atoms with Gasteiger partial charge in [0.1, 0.15) is 11.4 Å². The standard InChI is InChI=1S/C19H22N2O/c1-17(2)11-18(3,4)21-19(17)12-20-16-14-8-6-5-7-13(14)9-10-15(16)22-19/h5-10,12,21H,11H2,1-4H3/t19-/m1/s1. The van der Waals surface area contributed by atoms with E-state index in [1.54, 1.807) is 0 Å². The lowest BCUT2D eigenvalue weighted by Crippen LogP contribution is -2.59. The normalized spacial score (nSPS) is 27.8. The van der Waals surface area contributed by atoms with Gasteiger partial charge in [0.2, 0.25) is 5.72 Å². The molecule has 2 heterocycles. The van der Waals surface area contributed by atoms with Crippen LogP contribution < -0.4 is 10.1 Å². The number of nitrogens with one attached hydrogen (secondary N) is 1. The van der Waals surface area contributed by atoms with E-state index in [0.29, 0.717) is 0 Å². The van der Waals surface area contributed by atoms with Crippen LogP contribution in [0.4, 0.5) is 5.69 Å². The van der Waals surface area contributed by atoms with Gasteiger partial charge in [-0.1, -0.05) is 44.2 Å². The number of hydrogen-bond donors (Lipinski definition) is 1. The van der Waals surface area contributed by atoms with E-state index in [2.05, 4.69) is 51.2 Å². The molecule has 2 aliphatic heterocycles. The zero-order valence-electron chi connectivity index (χ0n) is 13.6. The Labute approximate surface area is 131 Å². The Hall–Kier alpha value is -1.87. The molecule has 0 aromatic heterocycles. The van der Waals surface area contributed by atoms with Gasteiger partial charge in [-0.05, 0) is 31.7 Å². The van der Waals surface area contributed by atoms with Gasteiger partial charge in [0.25, 0.3) is 0 Å². The molecule has 0 saturated carbocycles. The van der Waals surface area contributed by atoms with Crippen LogP contribution in [0.25, 0.3) is 10.8 Å². The van der Waals surface area contributed by atoms with Crippen LogP contribution in [0.5, 0.6) is 5.75 Å². The molecule has 2 aromatic carbocycles. The van der Waals surface area contributed by atoms with Crippen molar-refractivity contribution >= 4 is 22.7 Å². The first-order chi connectivity index (χ1) is 10.3. The highest BCUT2D eigenvalue weighted by molar-refractivity contribution is 5.98. The van der Waals surface area contributed by atoms with E-state index in [1.165, 1.54) is 5.39 Å². The van der Waals surface area contributed by atoms with E-state index in [1.807, 2.05) is 24.4 Å². The van der Waals surface area contributed by atoms with Gasteiger partial charge < -0.3 is 4.74 Å². The molecule has 1 saturated heterocycles. The van der Waals surface area contributed by atoms with Gasteiger partial charge in [0.05, 0.1) is 6.21 Å². The van der Waals surface area contributed by atoms with Gasteiger partial charge in [-0.25, -0.2) is 0 Å². The molecule has 0 amide bonds. The molecule has 2 aliphatic rings. The molecule has 1 atom stereocenters. The van der Waals surface area contributed by atoms with E-state index in [0.717, 1.165) is 23.2 Å². The minimum Gasteiger partial charge on any atom is -0.465 e. The number of rotatable bonds is 0. The van der Waals surface area contributed by atoms with Crippen molar-refractivity contribution in [2.75, 3.05) is 0 Å². The largest absolute Gasteiger partial charge is 0.465 e. The van der Waals surface area contributed by atoms with Crippen LogP contribution in [0.2, 0.25) is 0 Å². The summed E-state index contributed by atoms with van der Waals surface area (Å²) < 4.78 is 6.48. The average molecular weight is 294 g/mol. The molecular formula is C19H22N2O. The van der Waals surface area contributed by atoms with Crippen LogP contribution >= 0.6 is 0 Å². The molecule has 0 aliphatic carbocycles. The third-order valence-corrected chi connectivity index (χ3v) is 4.92. The Kier molecular flexibility index (Phi) is 2.57. The lowest BCUT2D eigenvalue weighted by atomic mass is 9.79. The fraction of sp³-hybridized carbons (Fsp3) is 0.421. The van der Waals surface area contributed by atoms with E-state index < -0.39 is 5.72 Å². The second-order valence-corrected chi connectivity index (χ2v) is 7.80. The third-order valence-electron chi connectivity index (χ3n) is 4.92. The highest BCUT2D eigenvalue weighted by Gasteiger charge is 2.58. The SMILES string of the molecule is CC1(C)CC(C)(C)[C@]2(C=Nc3c(ccc4ccccc34)O2)N1. The summed E-state index contributed by atoms with van der Waals surface area (Å²) in [4.78, 5) is 4.81. The lowest BCUT2D eigenvalue weighted by Gasteiger charge is -2.40. The van der Waals surface area contributed by atoms with Gasteiger partial charge >= 0.3 is 0 Å². The van der Waals surface area contributed by atoms with E-state index in [-0.39, 0.29) is 11.0 Å². The van der Waals surface area contributed by atoms with Crippen molar-refractivity contribution in [3.63, 3.8) is 0 Å². The highest BCUT2D eigenvalue weighted by atomic mass is 16.5. The molecule has 0 bridgehead atoms. The zero-order chi connectivity index (χ0) is 15.6. The van der Waals surface area contributed by atoms with Gasteiger partial charge in [-0.15, -0.1) is 0 Å². The maximum atomic E-state index is 6.48. The van der Waals surface area contributed by atoms with Crippen molar-refractivity contribution in [2.24, 2.45) is 10.4 Å². The van der Waals surface area contributed by atoms with Crippen LogP contribution in [-0.4, -0.2) is 17.5 Å². The van der Waals surface area contributed by atoms with Crippen molar-refractivity contribution in [1.29, 1.82) is 0 Å². The summed E-state index contributed by atoms with van der Waals surface area (Å²) in [6.07, 6.45) is 3.01. The average Bonchev–Trinajstić information content (AvgIpc) is 2.62. The fourth-order valence-corrected chi connectivity index (χ4v) is 4.13. The maximum Gasteiger partial charge on any atom is 0.202 e. The monoisotopic (exact) mass is 294 g/mol. The molecule has 1 spiro atoms. The van der Waals surface area contributed by atoms with Gasteiger partial charge in [0, 0.05) is 16.3 Å². The third kappa shape index (κ3) is 1.82. The summed E-state index contributed by atoms with van der Waals surface area (Å²) in [5.74, 6) is 0.861. The molecule has 3 nitrogen and oxygen atoms in total. The molecule has 22 heavy (non-hydrogen) atoms. The number of benzene rings is 2. The van der Waals surface area contributed by atoms with Crippen molar-refractivity contribution < 1.29 is 4.74 Å². The van der Waals surface area contributed by atoms with E-state index in [4.69, 9.17) is 9.73 Å².